The molecule has 1 fully saturated rings. The van der Waals surface area contributed by atoms with Gasteiger partial charge in [0.25, 0.3) is 11.1 Å². The minimum Gasteiger partial charge on any atom is -0.493 e. The Labute approximate surface area is 148 Å². The highest BCUT2D eigenvalue weighted by molar-refractivity contribution is 9.10. The van der Waals surface area contributed by atoms with Crippen LogP contribution in [0.3, 0.4) is 0 Å². The molecule has 1 atom stereocenters. The van der Waals surface area contributed by atoms with Crippen molar-refractivity contribution in [3.8, 4) is 11.5 Å². The molecule has 0 radical (unpaired) electrons. The number of halogens is 1. The molecule has 1 aromatic carbocycles. The van der Waals surface area contributed by atoms with Gasteiger partial charge in [-0.05, 0) is 64.8 Å². The molecule has 1 saturated heterocycles. The van der Waals surface area contributed by atoms with E-state index in [1.165, 1.54) is 4.90 Å². The molecule has 0 N–H and O–H groups in total. The van der Waals surface area contributed by atoms with Crippen LogP contribution in [0.5, 0.6) is 11.5 Å². The smallest absolute Gasteiger partial charge is 0.293 e. The number of carbonyl (C=O) groups is 2. The summed E-state index contributed by atoms with van der Waals surface area (Å²) in [5, 5.41) is -0.227. The zero-order chi connectivity index (χ0) is 17.1. The molecule has 23 heavy (non-hydrogen) atoms. The lowest BCUT2D eigenvalue weighted by atomic mass is 10.1. The van der Waals surface area contributed by atoms with Gasteiger partial charge in [-0.3, -0.25) is 14.5 Å². The van der Waals surface area contributed by atoms with Crippen molar-refractivity contribution in [1.29, 1.82) is 0 Å². The fourth-order valence-electron chi connectivity index (χ4n) is 2.21. The first kappa shape index (κ1) is 17.9. The number of benzene rings is 1. The molecule has 1 aliphatic rings. The monoisotopic (exact) mass is 399 g/mol. The van der Waals surface area contributed by atoms with Gasteiger partial charge in [-0.2, -0.15) is 0 Å². The molecule has 0 aromatic heterocycles. The van der Waals surface area contributed by atoms with Crippen molar-refractivity contribution in [2.75, 3.05) is 14.2 Å². The van der Waals surface area contributed by atoms with Gasteiger partial charge in [-0.25, -0.2) is 0 Å². The number of methoxy groups -OCH3 is 2. The summed E-state index contributed by atoms with van der Waals surface area (Å²) < 4.78 is 11.3. The highest BCUT2D eigenvalue weighted by Crippen LogP contribution is 2.39. The van der Waals surface area contributed by atoms with E-state index >= 15 is 0 Å². The van der Waals surface area contributed by atoms with Gasteiger partial charge in [-0.15, -0.1) is 0 Å². The lowest BCUT2D eigenvalue weighted by Crippen LogP contribution is -2.36. The predicted molar refractivity (Wildman–Crippen MR) is 94.8 cm³/mol. The van der Waals surface area contributed by atoms with Gasteiger partial charge in [0.15, 0.2) is 11.5 Å². The summed E-state index contributed by atoms with van der Waals surface area (Å²) in [6.07, 6.45) is 2.42. The molecular weight excluding hydrogens is 382 g/mol. The Morgan fingerprint density at radius 1 is 1.30 bits per heavy atom. The van der Waals surface area contributed by atoms with Crippen LogP contribution >= 0.6 is 27.7 Å². The first-order valence-electron chi connectivity index (χ1n) is 7.11. The average molecular weight is 400 g/mol. The number of amides is 2. The molecule has 0 bridgehead atoms. The third kappa shape index (κ3) is 3.55. The van der Waals surface area contributed by atoms with Crippen LogP contribution in [0.2, 0.25) is 0 Å². The minimum absolute atomic E-state index is 0.106. The Hall–Kier alpha value is -1.47. The first-order chi connectivity index (χ1) is 10.9. The third-order valence-corrected chi connectivity index (χ3v) is 5.08. The van der Waals surface area contributed by atoms with Crippen molar-refractivity contribution < 1.29 is 19.1 Å². The topological polar surface area (TPSA) is 55.8 Å². The first-order valence-corrected chi connectivity index (χ1v) is 8.72. The van der Waals surface area contributed by atoms with Crippen LogP contribution in [-0.4, -0.2) is 36.3 Å². The molecule has 0 saturated carbocycles. The lowest BCUT2D eigenvalue weighted by Gasteiger charge is -2.19. The molecule has 5 nitrogen and oxygen atoms in total. The summed E-state index contributed by atoms with van der Waals surface area (Å²) in [6.45, 7) is 3.81. The van der Waals surface area contributed by atoms with Gasteiger partial charge in [0.05, 0.1) is 23.6 Å². The fraction of sp³-hybridized carbons (Fsp3) is 0.375. The summed E-state index contributed by atoms with van der Waals surface area (Å²) in [4.78, 5) is 26.2. The van der Waals surface area contributed by atoms with E-state index in [1.54, 1.807) is 26.4 Å². The average Bonchev–Trinajstić information content (AvgIpc) is 2.80. The molecular formula is C16H18BrNO4S. The van der Waals surface area contributed by atoms with Crippen LogP contribution in [0.15, 0.2) is 21.5 Å². The van der Waals surface area contributed by atoms with Crippen molar-refractivity contribution in [2.24, 2.45) is 0 Å². The standard InChI is InChI=1S/C16H18BrNO4S/c1-5-9(2)18-15(19)13(23-16(18)20)8-10-6-11(17)14(22-4)12(7-10)21-3/h6-9H,5H2,1-4H3/b13-8-. The number of thioether (sulfide) groups is 1. The summed E-state index contributed by atoms with van der Waals surface area (Å²) in [5.74, 6) is 0.881. The van der Waals surface area contributed by atoms with E-state index in [0.717, 1.165) is 23.7 Å². The van der Waals surface area contributed by atoms with E-state index < -0.39 is 0 Å². The molecule has 0 aliphatic carbocycles. The quantitative estimate of drug-likeness (QED) is 0.690. The van der Waals surface area contributed by atoms with Crippen molar-refractivity contribution in [1.82, 2.24) is 4.90 Å². The van der Waals surface area contributed by atoms with E-state index in [4.69, 9.17) is 9.47 Å². The van der Waals surface area contributed by atoms with Gasteiger partial charge < -0.3 is 9.47 Å². The number of rotatable bonds is 5. The summed E-state index contributed by atoms with van der Waals surface area (Å²) in [5.41, 5.74) is 0.754. The maximum absolute atomic E-state index is 12.4. The van der Waals surface area contributed by atoms with Gasteiger partial charge in [0.1, 0.15) is 0 Å². The van der Waals surface area contributed by atoms with Crippen LogP contribution in [0.1, 0.15) is 25.8 Å². The molecule has 0 spiro atoms. The molecule has 1 aromatic rings. The number of nitrogens with zero attached hydrogens (tertiary/aromatic N) is 1. The van der Waals surface area contributed by atoms with E-state index in [2.05, 4.69) is 15.9 Å². The molecule has 2 rings (SSSR count). The van der Waals surface area contributed by atoms with Gasteiger partial charge in [-0.1, -0.05) is 6.92 Å². The second-order valence-electron chi connectivity index (χ2n) is 5.05. The summed E-state index contributed by atoms with van der Waals surface area (Å²) in [7, 11) is 3.10. The van der Waals surface area contributed by atoms with E-state index in [1.807, 2.05) is 19.9 Å². The zero-order valence-corrected chi connectivity index (χ0v) is 15.8. The summed E-state index contributed by atoms with van der Waals surface area (Å²) in [6, 6.07) is 3.48. The molecule has 2 amide bonds. The number of imide groups is 1. The number of carbonyl (C=O) groups excluding carboxylic acids is 2. The van der Waals surface area contributed by atoms with Gasteiger partial charge in [0, 0.05) is 6.04 Å². The Morgan fingerprint density at radius 2 is 2.00 bits per heavy atom. The van der Waals surface area contributed by atoms with Crippen molar-refractivity contribution in [3.63, 3.8) is 0 Å². The van der Waals surface area contributed by atoms with Crippen molar-refractivity contribution in [3.05, 3.63) is 27.1 Å². The Kier molecular flexibility index (Phi) is 5.75. The van der Waals surface area contributed by atoms with Crippen LogP contribution in [0.4, 0.5) is 4.79 Å². The highest BCUT2D eigenvalue weighted by Gasteiger charge is 2.37. The van der Waals surface area contributed by atoms with Crippen LogP contribution in [-0.2, 0) is 4.79 Å². The Morgan fingerprint density at radius 3 is 2.57 bits per heavy atom. The van der Waals surface area contributed by atoms with Crippen LogP contribution in [0.25, 0.3) is 6.08 Å². The number of ether oxygens (including phenoxy) is 2. The molecule has 1 unspecified atom stereocenters. The van der Waals surface area contributed by atoms with Gasteiger partial charge >= 0.3 is 0 Å². The maximum Gasteiger partial charge on any atom is 0.293 e. The molecule has 1 heterocycles. The second kappa shape index (κ2) is 7.40. The maximum atomic E-state index is 12.4. The van der Waals surface area contributed by atoms with E-state index in [-0.39, 0.29) is 17.2 Å². The third-order valence-electron chi connectivity index (χ3n) is 3.61. The summed E-state index contributed by atoms with van der Waals surface area (Å²) >= 11 is 4.38. The molecule has 1 aliphatic heterocycles. The van der Waals surface area contributed by atoms with Crippen LogP contribution in [0, 0.1) is 0 Å². The lowest BCUT2D eigenvalue weighted by molar-refractivity contribution is -0.124. The fourth-order valence-corrected chi connectivity index (χ4v) is 3.77. The number of hydrogen-bond donors (Lipinski definition) is 0. The highest BCUT2D eigenvalue weighted by atomic mass is 79.9. The molecule has 124 valence electrons. The van der Waals surface area contributed by atoms with Crippen molar-refractivity contribution >= 4 is 44.9 Å². The van der Waals surface area contributed by atoms with E-state index in [0.29, 0.717) is 20.9 Å². The van der Waals surface area contributed by atoms with Crippen LogP contribution < -0.4 is 9.47 Å². The normalized spacial score (nSPS) is 17.8. The number of hydrogen-bond acceptors (Lipinski definition) is 5. The second-order valence-corrected chi connectivity index (χ2v) is 6.89. The Bertz CT molecular complexity index is 674. The zero-order valence-electron chi connectivity index (χ0n) is 13.4. The molecule has 7 heteroatoms. The van der Waals surface area contributed by atoms with Gasteiger partial charge in [0.2, 0.25) is 0 Å². The predicted octanol–water partition coefficient (Wildman–Crippen LogP) is 4.30. The minimum atomic E-state index is -0.250. The Balaban J connectivity index is 2.38. The largest absolute Gasteiger partial charge is 0.493 e. The van der Waals surface area contributed by atoms with Crippen molar-refractivity contribution in [2.45, 2.75) is 26.3 Å². The SMILES string of the molecule is CCC(C)N1C(=O)S/C(=C\c2cc(Br)c(OC)c(OC)c2)C1=O. The van der Waals surface area contributed by atoms with E-state index in [9.17, 15) is 9.59 Å².